The summed E-state index contributed by atoms with van der Waals surface area (Å²) in [7, 11) is 8.39. The molecule has 1 heterocycles. The molecule has 0 amide bonds. The van der Waals surface area contributed by atoms with E-state index in [1.807, 2.05) is 0 Å². The second kappa shape index (κ2) is 12.8. The van der Waals surface area contributed by atoms with Gasteiger partial charge in [-0.15, -0.1) is 0 Å². The van der Waals surface area contributed by atoms with E-state index in [0.717, 1.165) is 0 Å². The van der Waals surface area contributed by atoms with Gasteiger partial charge < -0.3 is 0 Å². The molecular formula is C12H24S4. The Kier molecular flexibility index (Phi) is 12.4. The predicted octanol–water partition coefficient (Wildman–Crippen LogP) is 5.88. The fraction of sp³-hybridized carbons (Fsp3) is 1.00. The molecule has 0 nitrogen and oxygen atoms in total. The van der Waals surface area contributed by atoms with E-state index in [0.29, 0.717) is 0 Å². The Morgan fingerprint density at radius 2 is 0.562 bits per heavy atom. The van der Waals surface area contributed by atoms with Crippen LogP contribution in [0.15, 0.2) is 0 Å². The lowest BCUT2D eigenvalue weighted by molar-refractivity contribution is 0.710. The molecule has 0 aromatic heterocycles. The first-order valence-corrected chi connectivity index (χ1v) is 11.5. The molecular weight excluding hydrogens is 272 g/mol. The monoisotopic (exact) mass is 296 g/mol. The van der Waals surface area contributed by atoms with Gasteiger partial charge >= 0.3 is 0 Å². The highest BCUT2D eigenvalue weighted by atomic mass is 33.1. The minimum absolute atomic E-state index is 1.37. The third kappa shape index (κ3) is 10.5. The first-order chi connectivity index (χ1) is 8.00. The number of hydrogen-bond donors (Lipinski definition) is 0. The topological polar surface area (TPSA) is 0 Å². The van der Waals surface area contributed by atoms with Gasteiger partial charge in [-0.2, -0.15) is 0 Å². The zero-order valence-corrected chi connectivity index (χ0v) is 13.4. The van der Waals surface area contributed by atoms with Gasteiger partial charge in [0.2, 0.25) is 0 Å². The Morgan fingerprint density at radius 3 is 0.812 bits per heavy atom. The molecule has 1 aliphatic heterocycles. The summed E-state index contributed by atoms with van der Waals surface area (Å²) in [6.07, 6.45) is 11.5. The summed E-state index contributed by atoms with van der Waals surface area (Å²) in [5.41, 5.74) is 0. The zero-order valence-electron chi connectivity index (χ0n) is 10.1. The van der Waals surface area contributed by atoms with Crippen molar-refractivity contribution < 1.29 is 0 Å². The lowest BCUT2D eigenvalue weighted by Gasteiger charge is -2.05. The van der Waals surface area contributed by atoms with Crippen molar-refractivity contribution in [3.8, 4) is 0 Å². The summed E-state index contributed by atoms with van der Waals surface area (Å²) >= 11 is 0. The predicted molar refractivity (Wildman–Crippen MR) is 86.8 cm³/mol. The lowest BCUT2D eigenvalue weighted by atomic mass is 10.2. The van der Waals surface area contributed by atoms with Crippen molar-refractivity contribution in [1.29, 1.82) is 0 Å². The molecule has 1 saturated heterocycles. The van der Waals surface area contributed by atoms with Crippen LogP contribution in [0.1, 0.15) is 51.4 Å². The average molecular weight is 297 g/mol. The van der Waals surface area contributed by atoms with E-state index in [4.69, 9.17) is 0 Å². The molecule has 0 unspecified atom stereocenters. The zero-order chi connectivity index (χ0) is 11.3. The van der Waals surface area contributed by atoms with Crippen LogP contribution in [-0.2, 0) is 0 Å². The van der Waals surface area contributed by atoms with Gasteiger partial charge in [-0.25, -0.2) is 0 Å². The quantitative estimate of drug-likeness (QED) is 0.511. The molecule has 0 N–H and O–H groups in total. The van der Waals surface area contributed by atoms with E-state index in [1.54, 1.807) is 0 Å². The highest BCUT2D eigenvalue weighted by Gasteiger charge is 1.97. The van der Waals surface area contributed by atoms with Gasteiger partial charge in [-0.05, 0) is 25.7 Å². The second-order valence-electron chi connectivity index (χ2n) is 4.12. The normalized spacial score (nSPS) is 24.0. The first kappa shape index (κ1) is 15.5. The Hall–Kier alpha value is 1.40. The van der Waals surface area contributed by atoms with Gasteiger partial charge in [0.15, 0.2) is 0 Å². The van der Waals surface area contributed by atoms with Gasteiger partial charge in [0, 0.05) is 23.0 Å². The SMILES string of the molecule is C1CCCSSCCCCCCSSCC1. The van der Waals surface area contributed by atoms with Crippen LogP contribution in [-0.4, -0.2) is 23.0 Å². The van der Waals surface area contributed by atoms with Crippen LogP contribution < -0.4 is 0 Å². The van der Waals surface area contributed by atoms with Crippen LogP contribution in [0.2, 0.25) is 0 Å². The number of rotatable bonds is 0. The summed E-state index contributed by atoms with van der Waals surface area (Å²) in [6.45, 7) is 0. The van der Waals surface area contributed by atoms with Crippen molar-refractivity contribution in [1.82, 2.24) is 0 Å². The molecule has 0 atom stereocenters. The van der Waals surface area contributed by atoms with E-state index in [-0.39, 0.29) is 0 Å². The lowest BCUT2D eigenvalue weighted by Crippen LogP contribution is -1.86. The molecule has 96 valence electrons. The summed E-state index contributed by atoms with van der Waals surface area (Å²) in [4.78, 5) is 0. The molecule has 1 aliphatic rings. The van der Waals surface area contributed by atoms with Gasteiger partial charge in [0.25, 0.3) is 0 Å². The highest BCUT2D eigenvalue weighted by Crippen LogP contribution is 2.27. The summed E-state index contributed by atoms with van der Waals surface area (Å²) in [6, 6.07) is 0. The Bertz CT molecular complexity index is 77.0. The molecule has 1 fully saturated rings. The molecule has 0 saturated carbocycles. The molecule has 4 heteroatoms. The van der Waals surface area contributed by atoms with Gasteiger partial charge in [0.05, 0.1) is 0 Å². The van der Waals surface area contributed by atoms with Crippen molar-refractivity contribution >= 4 is 43.2 Å². The second-order valence-corrected chi connectivity index (χ2v) is 9.52. The molecule has 0 radical (unpaired) electrons. The minimum atomic E-state index is 1.37. The number of hydrogen-bond acceptors (Lipinski definition) is 4. The van der Waals surface area contributed by atoms with Gasteiger partial charge in [-0.1, -0.05) is 68.9 Å². The van der Waals surface area contributed by atoms with Crippen LogP contribution in [0, 0.1) is 0 Å². The summed E-state index contributed by atoms with van der Waals surface area (Å²) in [5, 5.41) is 0. The average Bonchev–Trinajstić information content (AvgIpc) is 2.29. The molecule has 0 aromatic carbocycles. The molecule has 0 spiro atoms. The molecule has 0 aliphatic carbocycles. The van der Waals surface area contributed by atoms with Crippen LogP contribution >= 0.6 is 43.2 Å². The molecule has 0 aromatic rings. The maximum Gasteiger partial charge on any atom is 0.00369 e. The van der Waals surface area contributed by atoms with Crippen molar-refractivity contribution in [2.75, 3.05) is 23.0 Å². The van der Waals surface area contributed by atoms with Crippen LogP contribution in [0.25, 0.3) is 0 Å². The minimum Gasteiger partial charge on any atom is -0.0942 e. The van der Waals surface area contributed by atoms with Crippen LogP contribution in [0.4, 0.5) is 0 Å². The smallest absolute Gasteiger partial charge is 0.00369 e. The van der Waals surface area contributed by atoms with Crippen molar-refractivity contribution in [2.45, 2.75) is 51.4 Å². The van der Waals surface area contributed by atoms with Crippen molar-refractivity contribution in [3.05, 3.63) is 0 Å². The highest BCUT2D eigenvalue weighted by molar-refractivity contribution is 8.77. The third-order valence-corrected chi connectivity index (χ3v) is 7.73. The van der Waals surface area contributed by atoms with E-state index in [9.17, 15) is 0 Å². The summed E-state index contributed by atoms with van der Waals surface area (Å²) in [5.74, 6) is 5.47. The largest absolute Gasteiger partial charge is 0.0942 e. The van der Waals surface area contributed by atoms with E-state index < -0.39 is 0 Å². The Morgan fingerprint density at radius 1 is 0.312 bits per heavy atom. The van der Waals surface area contributed by atoms with Gasteiger partial charge in [0.1, 0.15) is 0 Å². The maximum atomic E-state index is 2.10. The maximum absolute atomic E-state index is 2.10. The summed E-state index contributed by atoms with van der Waals surface area (Å²) < 4.78 is 0. The van der Waals surface area contributed by atoms with Crippen LogP contribution in [0.5, 0.6) is 0 Å². The Labute approximate surface area is 117 Å². The Balaban J connectivity index is 2.00. The van der Waals surface area contributed by atoms with Gasteiger partial charge in [-0.3, -0.25) is 0 Å². The molecule has 16 heavy (non-hydrogen) atoms. The molecule has 0 bridgehead atoms. The standard InChI is InChI=1S/C12H24S4/c1-2-6-10-14-16-12-8-4-3-7-11-15-13-9-5-1/h1-12H2. The van der Waals surface area contributed by atoms with Crippen LogP contribution in [0.3, 0.4) is 0 Å². The van der Waals surface area contributed by atoms with E-state index >= 15 is 0 Å². The van der Waals surface area contributed by atoms with Crippen molar-refractivity contribution in [2.24, 2.45) is 0 Å². The fourth-order valence-electron chi connectivity index (χ4n) is 1.59. The van der Waals surface area contributed by atoms with Crippen molar-refractivity contribution in [3.63, 3.8) is 0 Å². The molecule has 1 rings (SSSR count). The van der Waals surface area contributed by atoms with E-state index in [2.05, 4.69) is 43.2 Å². The third-order valence-electron chi connectivity index (χ3n) is 2.58. The first-order valence-electron chi connectivity index (χ1n) is 6.49. The fourth-order valence-corrected chi connectivity index (χ4v) is 6.17. The van der Waals surface area contributed by atoms with E-state index in [1.165, 1.54) is 74.4 Å².